The van der Waals surface area contributed by atoms with E-state index in [1.54, 1.807) is 18.3 Å². The molecule has 0 spiro atoms. The second-order valence-corrected chi connectivity index (χ2v) is 7.00. The van der Waals surface area contributed by atoms with E-state index < -0.39 is 0 Å². The van der Waals surface area contributed by atoms with Crippen LogP contribution in [0.5, 0.6) is 0 Å². The molecule has 0 bridgehead atoms. The third kappa shape index (κ3) is 3.17. The lowest BCUT2D eigenvalue weighted by molar-refractivity contribution is 0.628. The normalized spacial score (nSPS) is 14.0. The van der Waals surface area contributed by atoms with E-state index in [1.165, 1.54) is 30.7 Å². The van der Waals surface area contributed by atoms with E-state index in [0.29, 0.717) is 5.95 Å². The molecule has 6 heteroatoms. The maximum Gasteiger partial charge on any atom is 0.229 e. The van der Waals surface area contributed by atoms with Crippen LogP contribution in [0, 0.1) is 5.82 Å². The second-order valence-electron chi connectivity index (χ2n) is 7.00. The van der Waals surface area contributed by atoms with E-state index in [9.17, 15) is 4.39 Å². The molecule has 1 aliphatic heterocycles. The first-order valence-electron chi connectivity index (χ1n) is 9.48. The number of anilines is 3. The highest BCUT2D eigenvalue weighted by Crippen LogP contribution is 2.25. The van der Waals surface area contributed by atoms with Crippen molar-refractivity contribution >= 4 is 28.4 Å². The maximum atomic E-state index is 13.1. The maximum absolute atomic E-state index is 13.1. The Morgan fingerprint density at radius 3 is 2.32 bits per heavy atom. The first-order chi connectivity index (χ1) is 13.8. The standard InChI is InChI=1S/C22H20FN5/c23-17-3-5-18(6-4-17)25-22-24-15-16-11-14-28(21(16)26-22)20-9-7-19(8-10-20)27-12-1-2-13-27/h3-11,14-15H,1-2,12-13H2,(H,24,25,26). The Hall–Kier alpha value is -3.41. The van der Waals surface area contributed by atoms with Crippen molar-refractivity contribution < 1.29 is 4.39 Å². The Labute approximate surface area is 162 Å². The van der Waals surface area contributed by atoms with E-state index in [-0.39, 0.29) is 5.82 Å². The summed E-state index contributed by atoms with van der Waals surface area (Å²) in [6.07, 6.45) is 6.34. The van der Waals surface area contributed by atoms with Gasteiger partial charge < -0.3 is 14.8 Å². The number of nitrogens with one attached hydrogen (secondary N) is 1. The van der Waals surface area contributed by atoms with Crippen molar-refractivity contribution in [2.24, 2.45) is 0 Å². The summed E-state index contributed by atoms with van der Waals surface area (Å²) >= 11 is 0. The molecule has 3 heterocycles. The molecule has 28 heavy (non-hydrogen) atoms. The van der Waals surface area contributed by atoms with Crippen LogP contribution in [-0.2, 0) is 0 Å². The Morgan fingerprint density at radius 2 is 1.57 bits per heavy atom. The molecule has 0 saturated carbocycles. The van der Waals surface area contributed by atoms with Crippen molar-refractivity contribution in [2.45, 2.75) is 12.8 Å². The lowest BCUT2D eigenvalue weighted by Gasteiger charge is -2.18. The molecule has 1 aliphatic rings. The summed E-state index contributed by atoms with van der Waals surface area (Å²) in [6.45, 7) is 2.27. The van der Waals surface area contributed by atoms with Crippen molar-refractivity contribution in [1.29, 1.82) is 0 Å². The number of rotatable bonds is 4. The van der Waals surface area contributed by atoms with Gasteiger partial charge in [0, 0.05) is 47.9 Å². The lowest BCUT2D eigenvalue weighted by atomic mass is 10.2. The summed E-state index contributed by atoms with van der Waals surface area (Å²) < 4.78 is 15.2. The zero-order chi connectivity index (χ0) is 18.9. The number of aromatic nitrogens is 3. The van der Waals surface area contributed by atoms with Gasteiger partial charge in [-0.2, -0.15) is 4.98 Å². The van der Waals surface area contributed by atoms with Gasteiger partial charge in [0.15, 0.2) is 0 Å². The van der Waals surface area contributed by atoms with Gasteiger partial charge in [-0.05, 0) is 67.4 Å². The number of halogens is 1. The SMILES string of the molecule is Fc1ccc(Nc2ncc3ccn(-c4ccc(N5CCCC5)cc4)c3n2)cc1. The van der Waals surface area contributed by atoms with Gasteiger partial charge in [0.05, 0.1) is 0 Å². The molecular formula is C22H20FN5. The molecule has 0 radical (unpaired) electrons. The summed E-state index contributed by atoms with van der Waals surface area (Å²) in [7, 11) is 0. The Morgan fingerprint density at radius 1 is 0.857 bits per heavy atom. The quantitative estimate of drug-likeness (QED) is 0.552. The van der Waals surface area contributed by atoms with Crippen LogP contribution >= 0.6 is 0 Å². The number of benzene rings is 2. The van der Waals surface area contributed by atoms with Crippen molar-refractivity contribution in [3.05, 3.63) is 72.8 Å². The first kappa shape index (κ1) is 16.7. The molecule has 0 atom stereocenters. The second kappa shape index (κ2) is 6.96. The molecule has 5 rings (SSSR count). The van der Waals surface area contributed by atoms with Crippen molar-refractivity contribution in [1.82, 2.24) is 14.5 Å². The molecule has 1 N–H and O–H groups in total. The van der Waals surface area contributed by atoms with Crippen molar-refractivity contribution in [2.75, 3.05) is 23.3 Å². The van der Waals surface area contributed by atoms with Gasteiger partial charge in [-0.15, -0.1) is 0 Å². The molecule has 0 unspecified atom stereocenters. The van der Waals surface area contributed by atoms with Gasteiger partial charge in [0.2, 0.25) is 5.95 Å². The van der Waals surface area contributed by atoms with Crippen LogP contribution in [0.1, 0.15) is 12.8 Å². The lowest BCUT2D eigenvalue weighted by Crippen LogP contribution is -2.17. The fourth-order valence-corrected chi connectivity index (χ4v) is 3.65. The molecule has 5 nitrogen and oxygen atoms in total. The minimum atomic E-state index is -0.270. The molecule has 0 aliphatic carbocycles. The third-order valence-corrected chi connectivity index (χ3v) is 5.13. The Bertz CT molecular complexity index is 1100. The summed E-state index contributed by atoms with van der Waals surface area (Å²) in [4.78, 5) is 11.4. The zero-order valence-electron chi connectivity index (χ0n) is 15.3. The van der Waals surface area contributed by atoms with E-state index in [4.69, 9.17) is 0 Å². The number of hydrogen-bond acceptors (Lipinski definition) is 4. The average molecular weight is 373 g/mol. The van der Waals surface area contributed by atoms with Gasteiger partial charge in [-0.3, -0.25) is 0 Å². The minimum absolute atomic E-state index is 0.270. The van der Waals surface area contributed by atoms with Crippen LogP contribution in [-0.4, -0.2) is 27.6 Å². The highest BCUT2D eigenvalue weighted by molar-refractivity contribution is 5.79. The van der Waals surface area contributed by atoms with Crippen LogP contribution in [0.15, 0.2) is 67.0 Å². The molecule has 1 fully saturated rings. The van der Waals surface area contributed by atoms with Gasteiger partial charge in [0.25, 0.3) is 0 Å². The molecule has 140 valence electrons. The fourth-order valence-electron chi connectivity index (χ4n) is 3.65. The first-order valence-corrected chi connectivity index (χ1v) is 9.48. The zero-order valence-corrected chi connectivity index (χ0v) is 15.3. The fraction of sp³-hybridized carbons (Fsp3) is 0.182. The van der Waals surface area contributed by atoms with E-state index in [1.807, 2.05) is 12.3 Å². The summed E-state index contributed by atoms with van der Waals surface area (Å²) in [5.74, 6) is 0.209. The van der Waals surface area contributed by atoms with Gasteiger partial charge in [-0.25, -0.2) is 9.37 Å². The monoisotopic (exact) mass is 373 g/mol. The summed E-state index contributed by atoms with van der Waals surface area (Å²) in [5.41, 5.74) is 3.90. The summed E-state index contributed by atoms with van der Waals surface area (Å²) in [5, 5.41) is 4.10. The minimum Gasteiger partial charge on any atom is -0.372 e. The third-order valence-electron chi connectivity index (χ3n) is 5.13. The molecular weight excluding hydrogens is 353 g/mol. The number of nitrogens with zero attached hydrogens (tertiary/aromatic N) is 4. The predicted molar refractivity (Wildman–Crippen MR) is 110 cm³/mol. The Kier molecular flexibility index (Phi) is 4.16. The summed E-state index contributed by atoms with van der Waals surface area (Å²) in [6, 6.07) is 16.8. The largest absolute Gasteiger partial charge is 0.372 e. The Balaban J connectivity index is 1.45. The van der Waals surface area contributed by atoms with Crippen molar-refractivity contribution in [3.8, 4) is 5.69 Å². The van der Waals surface area contributed by atoms with Gasteiger partial charge in [-0.1, -0.05) is 0 Å². The smallest absolute Gasteiger partial charge is 0.229 e. The van der Waals surface area contributed by atoms with Crippen LogP contribution < -0.4 is 10.2 Å². The van der Waals surface area contributed by atoms with Crippen LogP contribution in [0.3, 0.4) is 0 Å². The van der Waals surface area contributed by atoms with Gasteiger partial charge >= 0.3 is 0 Å². The van der Waals surface area contributed by atoms with E-state index in [0.717, 1.165) is 35.5 Å². The molecule has 2 aromatic carbocycles. The van der Waals surface area contributed by atoms with E-state index >= 15 is 0 Å². The number of hydrogen-bond donors (Lipinski definition) is 1. The molecule has 1 saturated heterocycles. The van der Waals surface area contributed by atoms with Crippen LogP contribution in [0.2, 0.25) is 0 Å². The molecule has 0 amide bonds. The van der Waals surface area contributed by atoms with E-state index in [2.05, 4.69) is 49.0 Å². The highest BCUT2D eigenvalue weighted by atomic mass is 19.1. The number of fused-ring (bicyclic) bond motifs is 1. The van der Waals surface area contributed by atoms with Crippen molar-refractivity contribution in [3.63, 3.8) is 0 Å². The molecule has 4 aromatic rings. The van der Waals surface area contributed by atoms with Gasteiger partial charge in [0.1, 0.15) is 11.5 Å². The molecule has 2 aromatic heterocycles. The topological polar surface area (TPSA) is 46.0 Å². The predicted octanol–water partition coefficient (Wildman–Crippen LogP) is 4.90. The average Bonchev–Trinajstić information content (AvgIpc) is 3.40. The van der Waals surface area contributed by atoms with Crippen LogP contribution in [0.25, 0.3) is 16.7 Å². The van der Waals surface area contributed by atoms with Crippen LogP contribution in [0.4, 0.5) is 21.7 Å². The highest BCUT2D eigenvalue weighted by Gasteiger charge is 2.13.